The predicted octanol–water partition coefficient (Wildman–Crippen LogP) is 17.0. The van der Waals surface area contributed by atoms with E-state index in [0.717, 1.165) is 44.9 Å². The van der Waals surface area contributed by atoms with E-state index in [0.29, 0.717) is 12.8 Å². The topological polar surface area (TPSA) is 228 Å². The second-order valence-corrected chi connectivity index (χ2v) is 27.5. The molecule has 92 heavy (non-hydrogen) atoms. The highest BCUT2D eigenvalue weighted by Crippen LogP contribution is 2.30. The van der Waals surface area contributed by atoms with Crippen molar-refractivity contribution in [1.82, 2.24) is 5.32 Å². The van der Waals surface area contributed by atoms with Crippen LogP contribution in [0.25, 0.3) is 0 Å². The van der Waals surface area contributed by atoms with E-state index in [4.69, 9.17) is 18.9 Å². The van der Waals surface area contributed by atoms with Gasteiger partial charge in [-0.3, -0.25) is 4.79 Å². The zero-order valence-corrected chi connectivity index (χ0v) is 59.1. The van der Waals surface area contributed by atoms with E-state index in [1.807, 2.05) is 6.08 Å². The maximum Gasteiger partial charge on any atom is 0.220 e. The number of allylic oxidation sites excluding steroid dienone is 7. The fraction of sp³-hybridized carbons (Fsp3) is 0.885. The Morgan fingerprint density at radius 3 is 1.07 bits per heavy atom. The van der Waals surface area contributed by atoms with Gasteiger partial charge in [0, 0.05) is 6.42 Å². The van der Waals surface area contributed by atoms with Gasteiger partial charge in [0.25, 0.3) is 0 Å². The number of rotatable bonds is 65. The monoisotopic (exact) mass is 1300 g/mol. The van der Waals surface area contributed by atoms with Gasteiger partial charge < -0.3 is 65.1 Å². The number of amides is 1. The summed E-state index contributed by atoms with van der Waals surface area (Å²) in [5.74, 6) is -0.248. The van der Waals surface area contributed by atoms with Crippen LogP contribution in [-0.2, 0) is 23.7 Å². The summed E-state index contributed by atoms with van der Waals surface area (Å²) in [6.45, 7) is 2.80. The van der Waals surface area contributed by atoms with Gasteiger partial charge in [0.15, 0.2) is 12.6 Å². The molecule has 1 amide bonds. The molecule has 2 rings (SSSR count). The van der Waals surface area contributed by atoms with E-state index < -0.39 is 86.8 Å². The molecule has 12 atom stereocenters. The summed E-state index contributed by atoms with van der Waals surface area (Å²) in [4.78, 5) is 13.3. The van der Waals surface area contributed by atoms with Crippen molar-refractivity contribution >= 4 is 5.91 Å². The first-order chi connectivity index (χ1) is 45.1. The van der Waals surface area contributed by atoms with Gasteiger partial charge in [0.1, 0.15) is 48.8 Å². The molecule has 2 fully saturated rings. The van der Waals surface area contributed by atoms with Gasteiger partial charge >= 0.3 is 0 Å². The van der Waals surface area contributed by atoms with Crippen molar-refractivity contribution in [2.75, 3.05) is 19.8 Å². The molecule has 9 N–H and O–H groups in total. The summed E-state index contributed by atoms with van der Waals surface area (Å²) in [5.41, 5.74) is 0. The number of ether oxygens (including phenoxy) is 4. The average molecular weight is 1310 g/mol. The predicted molar refractivity (Wildman–Crippen MR) is 378 cm³/mol. The lowest BCUT2D eigenvalue weighted by molar-refractivity contribution is -0.359. The van der Waals surface area contributed by atoms with Crippen LogP contribution in [0.15, 0.2) is 48.6 Å². The Balaban J connectivity index is 1.55. The molecule has 0 aromatic rings. The second-order valence-electron chi connectivity index (χ2n) is 27.5. The first kappa shape index (κ1) is 86.0. The summed E-state index contributed by atoms with van der Waals surface area (Å²) in [5, 5.41) is 87.4. The van der Waals surface area contributed by atoms with Crippen LogP contribution in [0.1, 0.15) is 348 Å². The number of aliphatic hydroxyl groups excluding tert-OH is 8. The molecule has 14 heteroatoms. The minimum Gasteiger partial charge on any atom is -0.394 e. The molecule has 0 aliphatic carbocycles. The second kappa shape index (κ2) is 62.5. The fourth-order valence-corrected chi connectivity index (χ4v) is 12.8. The molecule has 2 aliphatic rings. The minimum absolute atomic E-state index is 0.248. The zero-order chi connectivity index (χ0) is 66.6. The first-order valence-electron chi connectivity index (χ1n) is 38.9. The molecular weight excluding hydrogens is 1160 g/mol. The number of carbonyl (C=O) groups excluding carboxylic acids is 1. The Morgan fingerprint density at radius 1 is 0.380 bits per heavy atom. The number of hydrogen-bond donors (Lipinski definition) is 9. The molecule has 2 aliphatic heterocycles. The Bertz CT molecular complexity index is 1730. The molecule has 14 nitrogen and oxygen atoms in total. The lowest BCUT2D eigenvalue weighted by Crippen LogP contribution is -2.65. The van der Waals surface area contributed by atoms with Crippen molar-refractivity contribution in [2.45, 2.75) is 421 Å². The summed E-state index contributed by atoms with van der Waals surface area (Å²) in [6, 6.07) is -0.938. The molecular formula is C78H145NO13. The third-order valence-corrected chi connectivity index (χ3v) is 19.0. The summed E-state index contributed by atoms with van der Waals surface area (Å²) in [7, 11) is 0. The molecule has 0 radical (unpaired) electrons. The van der Waals surface area contributed by atoms with Gasteiger partial charge in [-0.25, -0.2) is 0 Å². The van der Waals surface area contributed by atoms with Crippen LogP contribution >= 0.6 is 0 Å². The van der Waals surface area contributed by atoms with Gasteiger partial charge in [-0.15, -0.1) is 0 Å². The number of carbonyl (C=O) groups is 1. The molecule has 0 bridgehead atoms. The minimum atomic E-state index is -1.79. The number of hydrogen-bond acceptors (Lipinski definition) is 13. The number of nitrogens with one attached hydrogen (secondary N) is 1. The van der Waals surface area contributed by atoms with E-state index in [1.165, 1.54) is 270 Å². The van der Waals surface area contributed by atoms with E-state index in [1.54, 1.807) is 6.08 Å². The molecule has 540 valence electrons. The van der Waals surface area contributed by atoms with Crippen molar-refractivity contribution in [3.63, 3.8) is 0 Å². The van der Waals surface area contributed by atoms with Crippen molar-refractivity contribution in [3.05, 3.63) is 48.6 Å². The maximum atomic E-state index is 13.3. The Hall–Kier alpha value is -2.05. The van der Waals surface area contributed by atoms with Gasteiger partial charge in [0.2, 0.25) is 5.91 Å². The maximum absolute atomic E-state index is 13.3. The van der Waals surface area contributed by atoms with Crippen LogP contribution in [0, 0.1) is 0 Å². The number of unbranched alkanes of at least 4 members (excludes halogenated alkanes) is 46. The van der Waals surface area contributed by atoms with E-state index in [2.05, 4.69) is 55.6 Å². The Labute approximate surface area is 563 Å². The lowest BCUT2D eigenvalue weighted by Gasteiger charge is -2.46. The Kier molecular flexibility index (Phi) is 58.4. The standard InChI is InChI=1S/C78H145NO13/c1-3-5-7-9-11-13-15-17-19-21-22-23-24-25-26-27-28-29-30-31-32-33-34-35-36-37-38-39-40-41-42-43-44-46-48-50-52-54-56-58-60-62-70(83)79-66(67(82)61-59-57-55-53-51-49-47-45-20-18-16-14-12-10-8-6-4-2)65-89-77-75(88)73(86)76(69(64-81)91-77)92-78-74(87)72(85)71(84)68(63-80)90-78/h20-22,45,51,53,59,61,66-69,71-78,80-82,84-88H,3-19,23-44,46-50,52,54-58,60,62-65H2,1-2H3,(H,79,83)/b22-21-,45-20+,53-51+,61-59+. The average Bonchev–Trinajstić information content (AvgIpc) is 0.835. The third-order valence-electron chi connectivity index (χ3n) is 19.0. The molecule has 0 spiro atoms. The van der Waals surface area contributed by atoms with Crippen molar-refractivity contribution in [2.24, 2.45) is 0 Å². The zero-order valence-electron chi connectivity index (χ0n) is 59.1. The van der Waals surface area contributed by atoms with Crippen LogP contribution in [0.5, 0.6) is 0 Å². The van der Waals surface area contributed by atoms with Gasteiger partial charge in [0.05, 0.1) is 32.0 Å². The van der Waals surface area contributed by atoms with Gasteiger partial charge in [-0.1, -0.05) is 319 Å². The molecule has 0 aromatic heterocycles. The highest BCUT2D eigenvalue weighted by atomic mass is 16.7. The molecule has 2 saturated heterocycles. The summed E-state index contributed by atoms with van der Waals surface area (Å²) in [6.07, 6.45) is 66.5. The van der Waals surface area contributed by atoms with Gasteiger partial charge in [-0.2, -0.15) is 0 Å². The van der Waals surface area contributed by atoms with Crippen LogP contribution in [0.4, 0.5) is 0 Å². The van der Waals surface area contributed by atoms with E-state index in [-0.39, 0.29) is 18.9 Å². The van der Waals surface area contributed by atoms with Crippen LogP contribution in [0.2, 0.25) is 0 Å². The largest absolute Gasteiger partial charge is 0.394 e. The van der Waals surface area contributed by atoms with Crippen LogP contribution < -0.4 is 5.32 Å². The third kappa shape index (κ3) is 45.5. The Morgan fingerprint density at radius 2 is 0.696 bits per heavy atom. The SMILES string of the molecule is CCCCCCCCC/C=C/CC/C=C/CC/C=C/C(O)C(COC1OC(CO)C(OC2OC(CO)C(O)C(O)C2O)C(O)C1O)NC(=O)CCCCCCCCCCCCCCCCCCCCCCCCCCCCCCC/C=C\CCCCCCCCCC. The normalized spacial score (nSPS) is 22.9. The number of aliphatic hydroxyl groups is 8. The highest BCUT2D eigenvalue weighted by molar-refractivity contribution is 5.76. The van der Waals surface area contributed by atoms with Crippen molar-refractivity contribution in [3.8, 4) is 0 Å². The molecule has 0 saturated carbocycles. The van der Waals surface area contributed by atoms with Gasteiger partial charge in [-0.05, 0) is 70.6 Å². The van der Waals surface area contributed by atoms with Crippen molar-refractivity contribution < 1.29 is 64.6 Å². The smallest absolute Gasteiger partial charge is 0.220 e. The first-order valence-corrected chi connectivity index (χ1v) is 38.9. The lowest BCUT2D eigenvalue weighted by atomic mass is 9.97. The molecule has 0 aromatic carbocycles. The highest BCUT2D eigenvalue weighted by Gasteiger charge is 2.51. The van der Waals surface area contributed by atoms with E-state index >= 15 is 0 Å². The van der Waals surface area contributed by atoms with Crippen LogP contribution in [0.3, 0.4) is 0 Å². The summed E-state index contributed by atoms with van der Waals surface area (Å²) >= 11 is 0. The quantitative estimate of drug-likeness (QED) is 0.0204. The fourth-order valence-electron chi connectivity index (χ4n) is 12.8. The van der Waals surface area contributed by atoms with Crippen LogP contribution in [-0.4, -0.2) is 140 Å². The van der Waals surface area contributed by atoms with E-state index in [9.17, 15) is 45.6 Å². The summed E-state index contributed by atoms with van der Waals surface area (Å²) < 4.78 is 22.8. The molecule has 12 unspecified atom stereocenters. The molecule has 2 heterocycles. The van der Waals surface area contributed by atoms with Crippen molar-refractivity contribution in [1.29, 1.82) is 0 Å².